The van der Waals surface area contributed by atoms with Crippen molar-refractivity contribution in [2.45, 2.75) is 13.5 Å². The second kappa shape index (κ2) is 4.00. The van der Waals surface area contributed by atoms with E-state index >= 15 is 0 Å². The smallest absolute Gasteiger partial charge is 0.0967 e. The van der Waals surface area contributed by atoms with Gasteiger partial charge in [-0.05, 0) is 24.6 Å². The molecule has 78 valence electrons. The standard InChI is InChI=1S/C10H11ClN4/c1-7-2-3-10(9(11)4-7)15-6-8(5-12)13-14-15/h2-4,6H,5,12H2,1H3. The molecule has 1 heterocycles. The van der Waals surface area contributed by atoms with Gasteiger partial charge in [-0.2, -0.15) is 0 Å². The summed E-state index contributed by atoms with van der Waals surface area (Å²) >= 11 is 6.10. The second-order valence-corrected chi connectivity index (χ2v) is 3.72. The van der Waals surface area contributed by atoms with Gasteiger partial charge in [0.1, 0.15) is 0 Å². The molecule has 4 nitrogen and oxygen atoms in total. The van der Waals surface area contributed by atoms with Crippen molar-refractivity contribution in [1.82, 2.24) is 15.0 Å². The van der Waals surface area contributed by atoms with Gasteiger partial charge in [0.2, 0.25) is 0 Å². The van der Waals surface area contributed by atoms with Gasteiger partial charge in [0, 0.05) is 6.54 Å². The van der Waals surface area contributed by atoms with E-state index in [1.165, 1.54) is 0 Å². The van der Waals surface area contributed by atoms with Crippen molar-refractivity contribution in [3.8, 4) is 5.69 Å². The lowest BCUT2D eigenvalue weighted by molar-refractivity contribution is 0.796. The Morgan fingerprint density at radius 1 is 1.47 bits per heavy atom. The Hall–Kier alpha value is -1.39. The number of aryl methyl sites for hydroxylation is 1. The molecule has 0 unspecified atom stereocenters. The Morgan fingerprint density at radius 3 is 2.87 bits per heavy atom. The highest BCUT2D eigenvalue weighted by molar-refractivity contribution is 6.32. The third-order valence-corrected chi connectivity index (χ3v) is 2.40. The van der Waals surface area contributed by atoms with Crippen molar-refractivity contribution in [1.29, 1.82) is 0 Å². The Kier molecular flexibility index (Phi) is 2.70. The predicted octanol–water partition coefficient (Wildman–Crippen LogP) is 1.69. The van der Waals surface area contributed by atoms with Gasteiger partial charge >= 0.3 is 0 Å². The first-order valence-electron chi connectivity index (χ1n) is 4.58. The Labute approximate surface area is 92.7 Å². The van der Waals surface area contributed by atoms with E-state index in [-0.39, 0.29) is 0 Å². The summed E-state index contributed by atoms with van der Waals surface area (Å²) < 4.78 is 1.63. The first-order valence-corrected chi connectivity index (χ1v) is 4.96. The largest absolute Gasteiger partial charge is 0.325 e. The van der Waals surface area contributed by atoms with E-state index in [4.69, 9.17) is 17.3 Å². The van der Waals surface area contributed by atoms with Gasteiger partial charge in [-0.15, -0.1) is 5.10 Å². The summed E-state index contributed by atoms with van der Waals surface area (Å²) in [5.74, 6) is 0. The fourth-order valence-electron chi connectivity index (χ4n) is 1.31. The van der Waals surface area contributed by atoms with Crippen LogP contribution in [-0.2, 0) is 6.54 Å². The molecule has 0 aliphatic rings. The van der Waals surface area contributed by atoms with E-state index in [1.807, 2.05) is 25.1 Å². The molecule has 0 aliphatic heterocycles. The number of hydrogen-bond donors (Lipinski definition) is 1. The normalized spacial score (nSPS) is 10.6. The average Bonchev–Trinajstić information content (AvgIpc) is 2.66. The number of halogens is 1. The van der Waals surface area contributed by atoms with Crippen molar-refractivity contribution < 1.29 is 0 Å². The van der Waals surface area contributed by atoms with Crippen LogP contribution in [0.1, 0.15) is 11.3 Å². The number of nitrogens with two attached hydrogens (primary N) is 1. The molecule has 5 heteroatoms. The minimum Gasteiger partial charge on any atom is -0.325 e. The summed E-state index contributed by atoms with van der Waals surface area (Å²) in [6.07, 6.45) is 1.77. The first-order chi connectivity index (χ1) is 7.20. The highest BCUT2D eigenvalue weighted by Gasteiger charge is 2.05. The molecule has 0 atom stereocenters. The summed E-state index contributed by atoms with van der Waals surface area (Å²) in [6, 6.07) is 5.78. The zero-order chi connectivity index (χ0) is 10.8. The summed E-state index contributed by atoms with van der Waals surface area (Å²) in [7, 11) is 0. The summed E-state index contributed by atoms with van der Waals surface area (Å²) in [6.45, 7) is 2.37. The van der Waals surface area contributed by atoms with E-state index in [9.17, 15) is 0 Å². The number of nitrogens with zero attached hydrogens (tertiary/aromatic N) is 3. The average molecular weight is 223 g/mol. The van der Waals surface area contributed by atoms with Crippen LogP contribution in [0.3, 0.4) is 0 Å². The molecule has 0 fully saturated rings. The SMILES string of the molecule is Cc1ccc(-n2cc(CN)nn2)c(Cl)c1. The molecule has 0 saturated heterocycles. The lowest BCUT2D eigenvalue weighted by Crippen LogP contribution is -1.96. The number of aromatic nitrogens is 3. The maximum atomic E-state index is 6.10. The van der Waals surface area contributed by atoms with Gasteiger partial charge < -0.3 is 5.73 Å². The molecule has 0 bridgehead atoms. The molecule has 1 aromatic carbocycles. The molecule has 0 spiro atoms. The van der Waals surface area contributed by atoms with Crippen LogP contribution in [-0.4, -0.2) is 15.0 Å². The van der Waals surface area contributed by atoms with E-state index < -0.39 is 0 Å². The summed E-state index contributed by atoms with van der Waals surface area (Å²) in [5.41, 5.74) is 8.12. The summed E-state index contributed by atoms with van der Waals surface area (Å²) in [5, 5.41) is 8.51. The van der Waals surface area contributed by atoms with Gasteiger partial charge in [0.25, 0.3) is 0 Å². The van der Waals surface area contributed by atoms with Gasteiger partial charge in [-0.3, -0.25) is 0 Å². The van der Waals surface area contributed by atoms with Crippen LogP contribution in [0.5, 0.6) is 0 Å². The van der Waals surface area contributed by atoms with E-state index in [2.05, 4.69) is 10.3 Å². The Morgan fingerprint density at radius 2 is 2.27 bits per heavy atom. The van der Waals surface area contributed by atoms with Crippen molar-refractivity contribution in [2.75, 3.05) is 0 Å². The van der Waals surface area contributed by atoms with Crippen molar-refractivity contribution in [2.24, 2.45) is 5.73 Å². The highest BCUT2D eigenvalue weighted by atomic mass is 35.5. The van der Waals surface area contributed by atoms with Crippen LogP contribution in [0.4, 0.5) is 0 Å². The highest BCUT2D eigenvalue weighted by Crippen LogP contribution is 2.20. The third-order valence-electron chi connectivity index (χ3n) is 2.10. The van der Waals surface area contributed by atoms with Gasteiger partial charge in [-0.1, -0.05) is 22.9 Å². The fraction of sp³-hybridized carbons (Fsp3) is 0.200. The van der Waals surface area contributed by atoms with Crippen LogP contribution in [0.25, 0.3) is 5.69 Å². The number of rotatable bonds is 2. The Bertz CT molecular complexity index is 478. The molecule has 2 rings (SSSR count). The minimum absolute atomic E-state index is 0.378. The van der Waals surface area contributed by atoms with Crippen LogP contribution in [0.15, 0.2) is 24.4 Å². The molecule has 0 radical (unpaired) electrons. The molecule has 1 aromatic heterocycles. The lowest BCUT2D eigenvalue weighted by atomic mass is 10.2. The molecule has 2 N–H and O–H groups in total. The van der Waals surface area contributed by atoms with Crippen LogP contribution >= 0.6 is 11.6 Å². The minimum atomic E-state index is 0.378. The zero-order valence-corrected chi connectivity index (χ0v) is 9.07. The maximum absolute atomic E-state index is 6.10. The fourth-order valence-corrected chi connectivity index (χ4v) is 1.63. The predicted molar refractivity (Wildman–Crippen MR) is 59.0 cm³/mol. The molecule has 2 aromatic rings. The molecular weight excluding hydrogens is 212 g/mol. The first kappa shape index (κ1) is 10.1. The van der Waals surface area contributed by atoms with Crippen LogP contribution in [0.2, 0.25) is 5.02 Å². The molecule has 0 aliphatic carbocycles. The van der Waals surface area contributed by atoms with Crippen LogP contribution in [0, 0.1) is 6.92 Å². The topological polar surface area (TPSA) is 56.7 Å². The third kappa shape index (κ3) is 2.00. The molecule has 0 amide bonds. The lowest BCUT2D eigenvalue weighted by Gasteiger charge is -2.03. The maximum Gasteiger partial charge on any atom is 0.0967 e. The second-order valence-electron chi connectivity index (χ2n) is 3.31. The molecular formula is C10H11ClN4. The monoisotopic (exact) mass is 222 g/mol. The van der Waals surface area contributed by atoms with Gasteiger partial charge in [0.15, 0.2) is 0 Å². The summed E-state index contributed by atoms with van der Waals surface area (Å²) in [4.78, 5) is 0. The quantitative estimate of drug-likeness (QED) is 0.841. The van der Waals surface area contributed by atoms with Gasteiger partial charge in [-0.25, -0.2) is 4.68 Å². The molecule has 0 saturated carbocycles. The van der Waals surface area contributed by atoms with Crippen molar-refractivity contribution in [3.05, 3.63) is 40.7 Å². The Balaban J connectivity index is 2.44. The van der Waals surface area contributed by atoms with E-state index in [1.54, 1.807) is 10.9 Å². The van der Waals surface area contributed by atoms with E-state index in [0.717, 1.165) is 16.9 Å². The van der Waals surface area contributed by atoms with Crippen molar-refractivity contribution >= 4 is 11.6 Å². The van der Waals surface area contributed by atoms with E-state index in [0.29, 0.717) is 11.6 Å². The van der Waals surface area contributed by atoms with Gasteiger partial charge in [0.05, 0.1) is 22.6 Å². The number of benzene rings is 1. The number of hydrogen-bond acceptors (Lipinski definition) is 3. The van der Waals surface area contributed by atoms with Crippen molar-refractivity contribution in [3.63, 3.8) is 0 Å². The van der Waals surface area contributed by atoms with Crippen LogP contribution < -0.4 is 5.73 Å². The molecule has 15 heavy (non-hydrogen) atoms. The zero-order valence-electron chi connectivity index (χ0n) is 8.31.